The van der Waals surface area contributed by atoms with Gasteiger partial charge in [0, 0.05) is 5.56 Å². The second-order valence-electron chi connectivity index (χ2n) is 5.65. The Balaban J connectivity index is 2.11. The number of nitrogens with two attached hydrogens (primary N) is 1. The number of thioether (sulfide) groups is 1. The third kappa shape index (κ3) is 3.83. The van der Waals surface area contributed by atoms with E-state index in [-0.39, 0.29) is 15.6 Å². The highest BCUT2D eigenvalue weighted by molar-refractivity contribution is 8.01. The smallest absolute Gasteiger partial charge is 0.208 e. The SMILES string of the molecule is CSc1sc(C(=N)N)cc1S(=O)(=O)c1cccc(-c2cccc(C=O)c2)c1. The first-order valence-electron chi connectivity index (χ1n) is 7.80. The van der Waals surface area contributed by atoms with Gasteiger partial charge >= 0.3 is 0 Å². The van der Waals surface area contributed by atoms with E-state index in [0.717, 1.165) is 11.8 Å². The molecular formula is C19H16N2O3S3. The van der Waals surface area contributed by atoms with Gasteiger partial charge in [-0.3, -0.25) is 10.2 Å². The van der Waals surface area contributed by atoms with Crippen LogP contribution in [0.4, 0.5) is 0 Å². The van der Waals surface area contributed by atoms with Crippen LogP contribution >= 0.6 is 23.1 Å². The molecule has 0 fully saturated rings. The Labute approximate surface area is 165 Å². The molecule has 3 aromatic rings. The van der Waals surface area contributed by atoms with Gasteiger partial charge in [-0.2, -0.15) is 0 Å². The summed E-state index contributed by atoms with van der Waals surface area (Å²) in [5.74, 6) is -0.156. The van der Waals surface area contributed by atoms with Crippen molar-refractivity contribution in [3.05, 3.63) is 65.0 Å². The fraction of sp³-hybridized carbons (Fsp3) is 0.0526. The van der Waals surface area contributed by atoms with Crippen LogP contribution in [0.15, 0.2) is 68.6 Å². The summed E-state index contributed by atoms with van der Waals surface area (Å²) in [6.07, 6.45) is 2.54. The topological polar surface area (TPSA) is 101 Å². The van der Waals surface area contributed by atoms with Crippen molar-refractivity contribution in [3.8, 4) is 11.1 Å². The minimum atomic E-state index is -3.77. The van der Waals surface area contributed by atoms with Gasteiger partial charge in [0.2, 0.25) is 9.84 Å². The molecule has 8 heteroatoms. The number of sulfone groups is 1. The normalized spacial score (nSPS) is 11.3. The van der Waals surface area contributed by atoms with E-state index in [1.54, 1.807) is 42.7 Å². The van der Waals surface area contributed by atoms with Crippen molar-refractivity contribution in [2.75, 3.05) is 6.26 Å². The summed E-state index contributed by atoms with van der Waals surface area (Å²) >= 11 is 2.50. The number of aldehydes is 1. The molecule has 0 aliphatic carbocycles. The molecule has 0 unspecified atom stereocenters. The molecule has 5 nitrogen and oxygen atoms in total. The van der Waals surface area contributed by atoms with Crippen molar-refractivity contribution >= 4 is 45.1 Å². The number of hydrogen-bond donors (Lipinski definition) is 2. The van der Waals surface area contributed by atoms with Gasteiger partial charge in [-0.25, -0.2) is 8.42 Å². The molecule has 2 aromatic carbocycles. The number of nitrogens with one attached hydrogen (secondary N) is 1. The molecule has 1 heterocycles. The van der Waals surface area contributed by atoms with Gasteiger partial charge in [0.15, 0.2) is 0 Å². The second kappa shape index (κ2) is 7.67. The molecule has 27 heavy (non-hydrogen) atoms. The Morgan fingerprint density at radius 2 is 1.78 bits per heavy atom. The molecular weight excluding hydrogens is 400 g/mol. The van der Waals surface area contributed by atoms with E-state index in [1.165, 1.54) is 35.2 Å². The van der Waals surface area contributed by atoms with Gasteiger partial charge in [-0.05, 0) is 41.6 Å². The number of carbonyl (C=O) groups excluding carboxylic acids is 1. The molecule has 0 radical (unpaired) electrons. The molecule has 1 aromatic heterocycles. The lowest BCUT2D eigenvalue weighted by Crippen LogP contribution is -2.08. The van der Waals surface area contributed by atoms with Gasteiger partial charge in [-0.1, -0.05) is 30.3 Å². The number of hydrogen-bond acceptors (Lipinski definition) is 6. The summed E-state index contributed by atoms with van der Waals surface area (Å²) in [4.78, 5) is 11.7. The fourth-order valence-electron chi connectivity index (χ4n) is 2.58. The van der Waals surface area contributed by atoms with Gasteiger partial charge in [0.1, 0.15) is 12.1 Å². The van der Waals surface area contributed by atoms with Crippen LogP contribution in [0.2, 0.25) is 0 Å². The molecule has 0 aliphatic rings. The first-order valence-corrected chi connectivity index (χ1v) is 11.3. The predicted octanol–water partition coefficient (Wildman–Crippen LogP) is 4.07. The number of rotatable bonds is 6. The summed E-state index contributed by atoms with van der Waals surface area (Å²) in [7, 11) is -3.77. The van der Waals surface area contributed by atoms with Crippen LogP contribution in [0.25, 0.3) is 11.1 Å². The first-order chi connectivity index (χ1) is 12.9. The molecule has 0 saturated carbocycles. The standard InChI is InChI=1S/C19H16N2O3S3/c1-25-19-17(10-16(26-19)18(20)21)27(23,24)15-7-3-6-14(9-15)13-5-2-4-12(8-13)11-22/h2-11H,1H3,(H3,20,21). The summed E-state index contributed by atoms with van der Waals surface area (Å²) in [5, 5.41) is 7.57. The van der Waals surface area contributed by atoms with Gasteiger partial charge in [-0.15, -0.1) is 23.1 Å². The van der Waals surface area contributed by atoms with E-state index < -0.39 is 9.84 Å². The maximum absolute atomic E-state index is 13.2. The zero-order valence-corrected chi connectivity index (χ0v) is 16.7. The molecule has 0 aliphatic heterocycles. The van der Waals surface area contributed by atoms with Crippen molar-refractivity contribution in [2.24, 2.45) is 5.73 Å². The molecule has 0 saturated heterocycles. The fourth-order valence-corrected chi connectivity index (χ4v) is 6.48. The lowest BCUT2D eigenvalue weighted by molar-refractivity contribution is 0.112. The third-order valence-corrected chi connectivity index (χ3v) is 8.24. The van der Waals surface area contributed by atoms with Crippen LogP contribution in [0.3, 0.4) is 0 Å². The van der Waals surface area contributed by atoms with Crippen molar-refractivity contribution in [3.63, 3.8) is 0 Å². The zero-order valence-electron chi connectivity index (χ0n) is 14.3. The summed E-state index contributed by atoms with van der Waals surface area (Å²) in [5.41, 5.74) is 7.51. The number of carbonyl (C=O) groups is 1. The van der Waals surface area contributed by atoms with Crippen LogP contribution in [-0.4, -0.2) is 26.8 Å². The monoisotopic (exact) mass is 416 g/mol. The van der Waals surface area contributed by atoms with Crippen LogP contribution < -0.4 is 5.73 Å². The molecule has 3 N–H and O–H groups in total. The Morgan fingerprint density at radius 3 is 2.41 bits per heavy atom. The Morgan fingerprint density at radius 1 is 1.11 bits per heavy atom. The van der Waals surface area contributed by atoms with E-state index in [0.29, 0.717) is 20.2 Å². The zero-order chi connectivity index (χ0) is 19.6. The highest BCUT2D eigenvalue weighted by Crippen LogP contribution is 2.37. The van der Waals surface area contributed by atoms with Crippen LogP contribution in [0, 0.1) is 5.41 Å². The lowest BCUT2D eigenvalue weighted by Gasteiger charge is -2.08. The summed E-state index contributed by atoms with van der Waals surface area (Å²) in [6, 6.07) is 15.0. The summed E-state index contributed by atoms with van der Waals surface area (Å²) in [6.45, 7) is 0. The van der Waals surface area contributed by atoms with Crippen molar-refractivity contribution in [2.45, 2.75) is 14.0 Å². The van der Waals surface area contributed by atoms with Crippen molar-refractivity contribution in [1.82, 2.24) is 0 Å². The maximum atomic E-state index is 13.2. The van der Waals surface area contributed by atoms with E-state index in [2.05, 4.69) is 0 Å². The molecule has 0 bridgehead atoms. The number of benzene rings is 2. The highest BCUT2D eigenvalue weighted by atomic mass is 32.2. The lowest BCUT2D eigenvalue weighted by atomic mass is 10.0. The molecule has 138 valence electrons. The molecule has 0 spiro atoms. The minimum Gasteiger partial charge on any atom is -0.383 e. The van der Waals surface area contributed by atoms with E-state index in [4.69, 9.17) is 11.1 Å². The van der Waals surface area contributed by atoms with Crippen molar-refractivity contribution in [1.29, 1.82) is 5.41 Å². The number of nitrogen functional groups attached to an aromatic ring is 1. The maximum Gasteiger partial charge on any atom is 0.208 e. The number of amidine groups is 1. The average Bonchev–Trinajstić information content (AvgIpc) is 3.14. The first kappa shape index (κ1) is 19.3. The Bertz CT molecular complexity index is 1130. The minimum absolute atomic E-state index is 0.153. The van der Waals surface area contributed by atoms with E-state index >= 15 is 0 Å². The Kier molecular flexibility index (Phi) is 5.50. The van der Waals surface area contributed by atoms with Crippen LogP contribution in [-0.2, 0) is 9.84 Å². The van der Waals surface area contributed by atoms with Crippen molar-refractivity contribution < 1.29 is 13.2 Å². The van der Waals surface area contributed by atoms with Crippen LogP contribution in [0.1, 0.15) is 15.2 Å². The second-order valence-corrected chi connectivity index (χ2v) is 9.70. The quantitative estimate of drug-likeness (QED) is 0.273. The molecule has 0 atom stereocenters. The molecule has 3 rings (SSSR count). The number of thiophene rings is 1. The van der Waals surface area contributed by atoms with E-state index in [9.17, 15) is 13.2 Å². The predicted molar refractivity (Wildman–Crippen MR) is 110 cm³/mol. The molecule has 0 amide bonds. The average molecular weight is 417 g/mol. The third-order valence-electron chi connectivity index (χ3n) is 3.91. The summed E-state index contributed by atoms with van der Waals surface area (Å²) < 4.78 is 27.0. The largest absolute Gasteiger partial charge is 0.383 e. The van der Waals surface area contributed by atoms with E-state index in [1.807, 2.05) is 6.07 Å². The Hall–Kier alpha value is -2.42. The van der Waals surface area contributed by atoms with Crippen LogP contribution in [0.5, 0.6) is 0 Å². The van der Waals surface area contributed by atoms with Gasteiger partial charge in [0.05, 0.1) is 18.9 Å². The highest BCUT2D eigenvalue weighted by Gasteiger charge is 2.25. The van der Waals surface area contributed by atoms with Gasteiger partial charge in [0.25, 0.3) is 0 Å². The van der Waals surface area contributed by atoms with Gasteiger partial charge < -0.3 is 5.73 Å².